The molecular weight excluding hydrogens is 254 g/mol. The molecule has 3 nitrogen and oxygen atoms in total. The van der Waals surface area contributed by atoms with Crippen molar-refractivity contribution in [2.45, 2.75) is 72.3 Å². The van der Waals surface area contributed by atoms with Gasteiger partial charge in [-0.15, -0.1) is 5.10 Å². The monoisotopic (exact) mass is 283 g/mol. The number of nitrogens with one attached hydrogen (secondary N) is 1. The van der Waals surface area contributed by atoms with Crippen molar-refractivity contribution < 1.29 is 0 Å². The van der Waals surface area contributed by atoms with Gasteiger partial charge in [0.05, 0.1) is 10.6 Å². The number of rotatable bonds is 7. The van der Waals surface area contributed by atoms with Crippen molar-refractivity contribution in [1.82, 2.24) is 14.9 Å². The van der Waals surface area contributed by atoms with Crippen molar-refractivity contribution in [1.29, 1.82) is 0 Å². The van der Waals surface area contributed by atoms with Gasteiger partial charge in [0.25, 0.3) is 0 Å². The molecule has 0 aliphatic rings. The molecule has 1 heterocycles. The van der Waals surface area contributed by atoms with Gasteiger partial charge in [-0.25, -0.2) is 0 Å². The molecule has 110 valence electrons. The summed E-state index contributed by atoms with van der Waals surface area (Å²) in [4.78, 5) is 1.33. The zero-order chi connectivity index (χ0) is 14.5. The first-order valence-electron chi connectivity index (χ1n) is 7.46. The van der Waals surface area contributed by atoms with E-state index in [0.29, 0.717) is 6.04 Å². The van der Waals surface area contributed by atoms with Crippen LogP contribution in [0.1, 0.15) is 77.4 Å². The minimum absolute atomic E-state index is 0.0733. The Balaban J connectivity index is 2.93. The third-order valence-electron chi connectivity index (χ3n) is 3.52. The van der Waals surface area contributed by atoms with Crippen molar-refractivity contribution in [2.75, 3.05) is 6.54 Å². The fourth-order valence-electron chi connectivity index (χ4n) is 2.12. The van der Waals surface area contributed by atoms with Gasteiger partial charge in [-0.05, 0) is 36.8 Å². The minimum atomic E-state index is 0.0733. The highest BCUT2D eigenvalue weighted by molar-refractivity contribution is 7.05. The summed E-state index contributed by atoms with van der Waals surface area (Å²) in [6, 6.07) is 0.407. The normalized spacial score (nSPS) is 15.5. The van der Waals surface area contributed by atoms with E-state index in [1.165, 1.54) is 17.7 Å². The van der Waals surface area contributed by atoms with Crippen LogP contribution in [0.5, 0.6) is 0 Å². The van der Waals surface area contributed by atoms with Crippen LogP contribution in [0, 0.1) is 5.92 Å². The first-order valence-corrected chi connectivity index (χ1v) is 8.23. The van der Waals surface area contributed by atoms with Crippen LogP contribution in [0.2, 0.25) is 0 Å². The zero-order valence-electron chi connectivity index (χ0n) is 13.3. The Morgan fingerprint density at radius 3 is 2.47 bits per heavy atom. The van der Waals surface area contributed by atoms with E-state index in [1.54, 1.807) is 11.5 Å². The molecule has 1 aromatic heterocycles. The van der Waals surface area contributed by atoms with Crippen molar-refractivity contribution in [3.8, 4) is 0 Å². The second-order valence-electron chi connectivity index (χ2n) is 6.49. The second kappa shape index (κ2) is 7.34. The zero-order valence-corrected chi connectivity index (χ0v) is 14.1. The Morgan fingerprint density at radius 2 is 1.95 bits per heavy atom. The summed E-state index contributed by atoms with van der Waals surface area (Å²) in [5.41, 5.74) is 1.23. The lowest BCUT2D eigenvalue weighted by Gasteiger charge is -2.24. The highest BCUT2D eigenvalue weighted by atomic mass is 32.1. The lowest BCUT2D eigenvalue weighted by Crippen LogP contribution is -2.26. The molecule has 1 N–H and O–H groups in total. The molecule has 1 aromatic rings. The molecule has 0 spiro atoms. The Kier molecular flexibility index (Phi) is 6.40. The maximum Gasteiger partial charge on any atom is 0.0857 e. The summed E-state index contributed by atoms with van der Waals surface area (Å²) in [7, 11) is 0. The summed E-state index contributed by atoms with van der Waals surface area (Å²) in [6.45, 7) is 14.5. The number of hydrogen-bond acceptors (Lipinski definition) is 4. The van der Waals surface area contributed by atoms with Crippen molar-refractivity contribution in [2.24, 2.45) is 5.92 Å². The molecule has 0 aliphatic carbocycles. The highest BCUT2D eigenvalue weighted by Crippen LogP contribution is 2.33. The van der Waals surface area contributed by atoms with E-state index in [-0.39, 0.29) is 5.41 Å². The SMILES string of the molecule is CCCNC(CC(C)CC)c1snnc1C(C)(C)C. The van der Waals surface area contributed by atoms with Crippen LogP contribution in [-0.4, -0.2) is 16.1 Å². The van der Waals surface area contributed by atoms with Gasteiger partial charge in [0.15, 0.2) is 0 Å². The van der Waals surface area contributed by atoms with Gasteiger partial charge in [-0.1, -0.05) is 52.5 Å². The maximum absolute atomic E-state index is 4.38. The van der Waals surface area contributed by atoms with E-state index in [1.807, 2.05) is 0 Å². The van der Waals surface area contributed by atoms with Gasteiger partial charge in [-0.3, -0.25) is 0 Å². The van der Waals surface area contributed by atoms with Gasteiger partial charge >= 0.3 is 0 Å². The Bertz CT molecular complexity index is 368. The maximum atomic E-state index is 4.38. The molecule has 19 heavy (non-hydrogen) atoms. The topological polar surface area (TPSA) is 37.8 Å². The van der Waals surface area contributed by atoms with Gasteiger partial charge in [-0.2, -0.15) is 0 Å². The first kappa shape index (κ1) is 16.6. The van der Waals surface area contributed by atoms with Gasteiger partial charge < -0.3 is 5.32 Å². The summed E-state index contributed by atoms with van der Waals surface area (Å²) in [5.74, 6) is 0.726. The molecule has 2 unspecified atom stereocenters. The van der Waals surface area contributed by atoms with E-state index < -0.39 is 0 Å². The Hall–Kier alpha value is -0.480. The minimum Gasteiger partial charge on any atom is -0.309 e. The molecule has 0 amide bonds. The van der Waals surface area contributed by atoms with E-state index in [4.69, 9.17) is 0 Å². The molecule has 0 aromatic carbocycles. The highest BCUT2D eigenvalue weighted by Gasteiger charge is 2.27. The molecule has 0 saturated carbocycles. The Labute approximate surface area is 122 Å². The smallest absolute Gasteiger partial charge is 0.0857 e. The van der Waals surface area contributed by atoms with Crippen molar-refractivity contribution in [3.63, 3.8) is 0 Å². The third-order valence-corrected chi connectivity index (χ3v) is 4.35. The molecule has 0 bridgehead atoms. The number of hydrogen-bond donors (Lipinski definition) is 1. The number of nitrogens with zero attached hydrogens (tertiary/aromatic N) is 2. The summed E-state index contributed by atoms with van der Waals surface area (Å²) in [5, 5.41) is 8.06. The molecule has 1 rings (SSSR count). The Morgan fingerprint density at radius 1 is 1.26 bits per heavy atom. The molecular formula is C15H29N3S. The fourth-order valence-corrected chi connectivity index (χ4v) is 3.07. The lowest BCUT2D eigenvalue weighted by molar-refractivity contribution is 0.399. The first-order chi connectivity index (χ1) is 8.90. The van der Waals surface area contributed by atoms with Crippen LogP contribution in [0.15, 0.2) is 0 Å². The lowest BCUT2D eigenvalue weighted by atomic mass is 9.88. The van der Waals surface area contributed by atoms with Crippen LogP contribution < -0.4 is 5.32 Å². The molecule has 2 atom stereocenters. The van der Waals surface area contributed by atoms with Crippen LogP contribution in [-0.2, 0) is 5.41 Å². The van der Waals surface area contributed by atoms with E-state index >= 15 is 0 Å². The quantitative estimate of drug-likeness (QED) is 0.810. The fraction of sp³-hybridized carbons (Fsp3) is 0.867. The standard InChI is InChI=1S/C15H29N3S/c1-7-9-16-12(10-11(3)8-2)13-14(15(4,5)6)17-18-19-13/h11-12,16H,7-10H2,1-6H3. The molecule has 0 aliphatic heterocycles. The van der Waals surface area contributed by atoms with E-state index in [2.05, 4.69) is 56.4 Å². The van der Waals surface area contributed by atoms with Crippen LogP contribution in [0.3, 0.4) is 0 Å². The largest absolute Gasteiger partial charge is 0.309 e. The van der Waals surface area contributed by atoms with Crippen molar-refractivity contribution in [3.05, 3.63) is 10.6 Å². The average molecular weight is 283 g/mol. The number of aromatic nitrogens is 2. The van der Waals surface area contributed by atoms with Gasteiger partial charge in [0, 0.05) is 11.5 Å². The van der Waals surface area contributed by atoms with E-state index in [0.717, 1.165) is 24.6 Å². The predicted octanol–water partition coefficient (Wildman–Crippen LogP) is 4.31. The third kappa shape index (κ3) is 4.84. The molecule has 0 saturated heterocycles. The summed E-state index contributed by atoms with van der Waals surface area (Å²) in [6.07, 6.45) is 3.55. The predicted molar refractivity (Wildman–Crippen MR) is 83.7 cm³/mol. The van der Waals surface area contributed by atoms with E-state index in [9.17, 15) is 0 Å². The van der Waals surface area contributed by atoms with Crippen LogP contribution >= 0.6 is 11.5 Å². The van der Waals surface area contributed by atoms with Gasteiger partial charge in [0.2, 0.25) is 0 Å². The van der Waals surface area contributed by atoms with Crippen molar-refractivity contribution >= 4 is 11.5 Å². The molecule has 0 fully saturated rings. The molecule has 4 heteroatoms. The van der Waals surface area contributed by atoms with Gasteiger partial charge in [0.1, 0.15) is 0 Å². The summed E-state index contributed by atoms with van der Waals surface area (Å²) >= 11 is 1.56. The van der Waals surface area contributed by atoms with Crippen LogP contribution in [0.25, 0.3) is 0 Å². The second-order valence-corrected chi connectivity index (χ2v) is 7.28. The van der Waals surface area contributed by atoms with Crippen LogP contribution in [0.4, 0.5) is 0 Å². The molecule has 0 radical (unpaired) electrons. The average Bonchev–Trinajstić information content (AvgIpc) is 2.82. The summed E-state index contributed by atoms with van der Waals surface area (Å²) < 4.78 is 4.20.